The number of hydrogen-bond acceptors (Lipinski definition) is 3. The van der Waals surface area contributed by atoms with Crippen molar-refractivity contribution in [3.8, 4) is 0 Å². The van der Waals surface area contributed by atoms with Crippen molar-refractivity contribution in [2.24, 2.45) is 0 Å². The number of carbonyl (C=O) groups excluding carboxylic acids is 1. The Hall–Kier alpha value is 1.20. The van der Waals surface area contributed by atoms with E-state index in [4.69, 9.17) is 9.90 Å². The third-order valence-corrected chi connectivity index (χ3v) is 0. The minimum Gasteiger partial charge on any atom is -0.870 e. The molecule has 0 spiro atoms. The normalized spacial score (nSPS) is 3.57. The molecule has 0 rings (SSSR count). The Morgan fingerprint density at radius 1 is 1.57 bits per heavy atom. The van der Waals surface area contributed by atoms with E-state index in [1.165, 1.54) is 0 Å². The molecule has 0 saturated carbocycles. The molecule has 3 nitrogen and oxygen atoms in total. The maximum Gasteiger partial charge on any atom is 2.00 e. The van der Waals surface area contributed by atoms with Crippen LogP contribution in [0.5, 0.6) is 0 Å². The van der Waals surface area contributed by atoms with Gasteiger partial charge in [0.2, 0.25) is 0 Å². The van der Waals surface area contributed by atoms with Gasteiger partial charge in [0.1, 0.15) is 0 Å². The van der Waals surface area contributed by atoms with Crippen molar-refractivity contribution in [2.45, 2.75) is 6.92 Å². The van der Waals surface area contributed by atoms with Crippen molar-refractivity contribution in [3.63, 3.8) is 0 Å². The summed E-state index contributed by atoms with van der Waals surface area (Å²) in [5, 5.41) is 8.89. The molecule has 0 aliphatic heterocycles. The quantitative estimate of drug-likeness (QED) is 0.304. The van der Waals surface area contributed by atoms with E-state index in [-0.39, 0.29) is 58.1 Å². The number of carboxylic acids is 1. The zero-order valence-electron chi connectivity index (χ0n) is 4.47. The Bertz CT molecular complexity index is 35.9. The van der Waals surface area contributed by atoms with Crippen LogP contribution in [0.25, 0.3) is 0 Å². The molecule has 1 N–H and O–H groups in total. The molecule has 0 heterocycles. The molecule has 0 fully saturated rings. The van der Waals surface area contributed by atoms with Gasteiger partial charge in [-0.15, -0.1) is 0 Å². The van der Waals surface area contributed by atoms with E-state index in [1.54, 1.807) is 0 Å². The monoisotopic (exact) mass is 123 g/mol. The first-order valence-corrected chi connectivity index (χ1v) is 0.908. The number of rotatable bonds is 0. The van der Waals surface area contributed by atoms with Crippen molar-refractivity contribution < 1.29 is 44.9 Å². The third kappa shape index (κ3) is 136. The van der Waals surface area contributed by atoms with E-state index in [0.29, 0.717) is 0 Å². The fourth-order valence-electron chi connectivity index (χ4n) is 0. The number of hydrogen-bond donors (Lipinski definition) is 0. The summed E-state index contributed by atoms with van der Waals surface area (Å²) in [6.45, 7) is 0.972. The summed E-state index contributed by atoms with van der Waals surface area (Å²) in [4.78, 5) is 8.89. The van der Waals surface area contributed by atoms with Gasteiger partial charge in [-0.05, 0) is 6.92 Å². The van der Waals surface area contributed by atoms with Crippen molar-refractivity contribution in [1.29, 1.82) is 0 Å². The van der Waals surface area contributed by atoms with Crippen LogP contribution < -0.4 is 34.7 Å². The second-order valence-electron chi connectivity index (χ2n) is 0.492. The van der Waals surface area contributed by atoms with E-state index >= 15 is 0 Å². The van der Waals surface area contributed by atoms with Gasteiger partial charge in [0.15, 0.2) is 0 Å². The number of carboxylic acid groups (broad SMARTS) is 1. The summed E-state index contributed by atoms with van der Waals surface area (Å²) in [6.07, 6.45) is 0. The van der Waals surface area contributed by atoms with E-state index < -0.39 is 5.97 Å². The molecular weight excluding hydrogens is 119 g/mol. The van der Waals surface area contributed by atoms with Crippen LogP contribution in [-0.4, -0.2) is 34.5 Å². The van der Waals surface area contributed by atoms with Crippen molar-refractivity contribution in [2.75, 3.05) is 0 Å². The number of carbonyl (C=O) groups is 1. The first-order valence-electron chi connectivity index (χ1n) is 0.908. The van der Waals surface area contributed by atoms with Gasteiger partial charge in [0.05, 0.1) is 0 Å². The molecule has 0 aliphatic carbocycles. The van der Waals surface area contributed by atoms with Crippen LogP contribution in [-0.2, 0) is 4.79 Å². The minimum absolute atomic E-state index is 0. The molecule has 0 saturated heterocycles. The molecule has 0 atom stereocenters. The molecule has 0 aromatic rings. The average Bonchev–Trinajstić information content (AvgIpc) is 0.811. The maximum atomic E-state index is 8.89. The smallest absolute Gasteiger partial charge is 0.870 e. The van der Waals surface area contributed by atoms with Crippen LogP contribution >= 0.6 is 0 Å². The average molecular weight is 123 g/mol. The first-order chi connectivity index (χ1) is 1.73. The summed E-state index contributed by atoms with van der Waals surface area (Å²) in [7, 11) is 0. The second-order valence-corrected chi connectivity index (χ2v) is 0.492. The molecule has 32 valence electrons. The summed E-state index contributed by atoms with van der Waals surface area (Å²) < 4.78 is 0. The van der Waals surface area contributed by atoms with Crippen molar-refractivity contribution >= 4 is 29.0 Å². The summed E-state index contributed by atoms with van der Waals surface area (Å²) in [5.74, 6) is -1.08. The Kier molecular flexibility index (Phi) is 54.0. The Morgan fingerprint density at radius 2 is 1.57 bits per heavy atom. The fourth-order valence-corrected chi connectivity index (χ4v) is 0. The van der Waals surface area contributed by atoms with E-state index in [1.807, 2.05) is 0 Å². The van der Waals surface area contributed by atoms with Gasteiger partial charge >= 0.3 is 52.6 Å². The summed E-state index contributed by atoms with van der Waals surface area (Å²) in [6, 6.07) is 0. The van der Waals surface area contributed by atoms with Gasteiger partial charge in [0.25, 0.3) is 0 Å². The third-order valence-electron chi connectivity index (χ3n) is 0. The van der Waals surface area contributed by atoms with Gasteiger partial charge in [-0.2, -0.15) is 0 Å². The molecule has 0 aliphatic rings. The van der Waals surface area contributed by atoms with Gasteiger partial charge in [-0.25, -0.2) is 0 Å². The molecular formula is C2H4MgNaO3+. The van der Waals surface area contributed by atoms with E-state index in [2.05, 4.69) is 0 Å². The first kappa shape index (κ1) is 24.1. The minimum atomic E-state index is -1.08. The molecule has 0 amide bonds. The molecule has 0 radical (unpaired) electrons. The summed E-state index contributed by atoms with van der Waals surface area (Å²) in [5.41, 5.74) is 0. The summed E-state index contributed by atoms with van der Waals surface area (Å²) >= 11 is 0. The standard InChI is InChI=1S/C2H4O2.Mg.Na.H2O/c1-2(3)4;;;/h1H3,(H,3,4);;;1H2/q;+2;+1;/p-2. The molecule has 0 unspecified atom stereocenters. The van der Waals surface area contributed by atoms with E-state index in [0.717, 1.165) is 6.92 Å². The predicted molar refractivity (Wildman–Crippen MR) is 18.4 cm³/mol. The molecule has 7 heavy (non-hydrogen) atoms. The van der Waals surface area contributed by atoms with Crippen LogP contribution in [0.2, 0.25) is 0 Å². The van der Waals surface area contributed by atoms with Crippen LogP contribution in [0.3, 0.4) is 0 Å². The predicted octanol–water partition coefficient (Wildman–Crippen LogP) is -4.80. The van der Waals surface area contributed by atoms with Gasteiger partial charge in [-0.3, -0.25) is 0 Å². The van der Waals surface area contributed by atoms with Gasteiger partial charge in [0, 0.05) is 5.97 Å². The SMILES string of the molecule is CC(=O)[O-].[Mg+2].[Na+].[OH-]. The largest absolute Gasteiger partial charge is 2.00 e. The number of aliphatic carboxylic acids is 1. The zero-order valence-corrected chi connectivity index (χ0v) is 7.89. The van der Waals surface area contributed by atoms with Crippen molar-refractivity contribution in [3.05, 3.63) is 0 Å². The molecule has 0 bridgehead atoms. The second kappa shape index (κ2) is 15.7. The van der Waals surface area contributed by atoms with E-state index in [9.17, 15) is 0 Å². The zero-order chi connectivity index (χ0) is 3.58. The Labute approximate surface area is 80.2 Å². The van der Waals surface area contributed by atoms with Crippen LogP contribution in [0.4, 0.5) is 0 Å². The fraction of sp³-hybridized carbons (Fsp3) is 0.500. The molecule has 0 aromatic carbocycles. The Balaban J connectivity index is -0.0000000150. The Morgan fingerprint density at radius 3 is 1.57 bits per heavy atom. The van der Waals surface area contributed by atoms with Crippen molar-refractivity contribution in [1.82, 2.24) is 0 Å². The van der Waals surface area contributed by atoms with Crippen LogP contribution in [0.15, 0.2) is 0 Å². The van der Waals surface area contributed by atoms with Crippen LogP contribution in [0, 0.1) is 0 Å². The topological polar surface area (TPSA) is 70.1 Å². The van der Waals surface area contributed by atoms with Crippen LogP contribution in [0.1, 0.15) is 6.92 Å². The molecule has 0 aromatic heterocycles. The molecule has 5 heteroatoms. The van der Waals surface area contributed by atoms with Gasteiger partial charge < -0.3 is 15.4 Å². The maximum absolute atomic E-state index is 8.89. The van der Waals surface area contributed by atoms with Gasteiger partial charge in [-0.1, -0.05) is 0 Å².